The van der Waals surface area contributed by atoms with Crippen LogP contribution >= 0.6 is 0 Å². The lowest BCUT2D eigenvalue weighted by molar-refractivity contribution is -0.143. The van der Waals surface area contributed by atoms with Gasteiger partial charge in [0.25, 0.3) is 0 Å². The Morgan fingerprint density at radius 1 is 1.50 bits per heavy atom. The summed E-state index contributed by atoms with van der Waals surface area (Å²) < 4.78 is 30.8. The van der Waals surface area contributed by atoms with Crippen LogP contribution < -0.4 is 5.32 Å². The van der Waals surface area contributed by atoms with E-state index in [0.717, 1.165) is 18.2 Å². The average molecular weight is 229 g/mol. The molecule has 0 saturated heterocycles. The number of ether oxygens (including phenoxy) is 1. The van der Waals surface area contributed by atoms with E-state index in [1.54, 1.807) is 6.92 Å². The van der Waals surface area contributed by atoms with Gasteiger partial charge in [0, 0.05) is 0 Å². The molecule has 1 rings (SSSR count). The van der Waals surface area contributed by atoms with E-state index in [9.17, 15) is 13.6 Å². The maximum absolute atomic E-state index is 13.2. The fraction of sp³-hybridized carbons (Fsp3) is 0.364. The Morgan fingerprint density at radius 3 is 2.81 bits per heavy atom. The molecule has 1 atom stereocenters. The van der Waals surface area contributed by atoms with Crippen LogP contribution in [0.2, 0.25) is 0 Å². The van der Waals surface area contributed by atoms with Crippen LogP contribution in [0.4, 0.5) is 14.5 Å². The lowest BCUT2D eigenvalue weighted by atomic mass is 10.2. The van der Waals surface area contributed by atoms with E-state index < -0.39 is 23.6 Å². The first-order chi connectivity index (χ1) is 7.54. The molecule has 1 N–H and O–H groups in total. The van der Waals surface area contributed by atoms with Crippen LogP contribution in [-0.2, 0) is 9.53 Å². The van der Waals surface area contributed by atoms with Crippen molar-refractivity contribution < 1.29 is 18.3 Å². The summed E-state index contributed by atoms with van der Waals surface area (Å²) in [4.78, 5) is 11.2. The highest BCUT2D eigenvalue weighted by atomic mass is 19.1. The molecule has 88 valence electrons. The quantitative estimate of drug-likeness (QED) is 0.805. The molecule has 0 aromatic heterocycles. The number of carbonyl (C=O) groups is 1. The largest absolute Gasteiger partial charge is 0.464 e. The monoisotopic (exact) mass is 229 g/mol. The number of benzene rings is 1. The molecule has 1 unspecified atom stereocenters. The van der Waals surface area contributed by atoms with Gasteiger partial charge in [-0.25, -0.2) is 13.6 Å². The minimum absolute atomic E-state index is 0.0550. The molecule has 3 nitrogen and oxygen atoms in total. The number of halogens is 2. The van der Waals surface area contributed by atoms with Gasteiger partial charge in [0.05, 0.1) is 12.3 Å². The highest BCUT2D eigenvalue weighted by Crippen LogP contribution is 2.16. The molecule has 16 heavy (non-hydrogen) atoms. The van der Waals surface area contributed by atoms with Crippen LogP contribution in [0.1, 0.15) is 13.8 Å². The van der Waals surface area contributed by atoms with Crippen molar-refractivity contribution in [2.24, 2.45) is 0 Å². The van der Waals surface area contributed by atoms with Crippen LogP contribution in [0.25, 0.3) is 0 Å². The molecule has 0 aliphatic rings. The van der Waals surface area contributed by atoms with Crippen LogP contribution in [0.5, 0.6) is 0 Å². The number of anilines is 1. The zero-order chi connectivity index (χ0) is 12.1. The SMILES string of the molecule is CCOC(=O)C(C)Nc1cc(F)ccc1F. The van der Waals surface area contributed by atoms with Crippen LogP contribution in [0.15, 0.2) is 18.2 Å². The summed E-state index contributed by atoms with van der Waals surface area (Å²) in [6, 6.07) is 2.27. The predicted molar refractivity (Wildman–Crippen MR) is 56.1 cm³/mol. The van der Waals surface area contributed by atoms with Gasteiger partial charge in [-0.2, -0.15) is 0 Å². The maximum atomic E-state index is 13.2. The Balaban J connectivity index is 2.72. The van der Waals surface area contributed by atoms with Crippen molar-refractivity contribution in [1.29, 1.82) is 0 Å². The number of carbonyl (C=O) groups excluding carboxylic acids is 1. The lowest BCUT2D eigenvalue weighted by Gasteiger charge is -2.14. The molecule has 0 saturated carbocycles. The molecule has 0 fully saturated rings. The summed E-state index contributed by atoms with van der Waals surface area (Å²) in [7, 11) is 0. The van der Waals surface area contributed by atoms with Crippen LogP contribution in [0, 0.1) is 11.6 Å². The van der Waals surface area contributed by atoms with E-state index >= 15 is 0 Å². The molecule has 0 heterocycles. The summed E-state index contributed by atoms with van der Waals surface area (Å²) in [6.07, 6.45) is 0. The summed E-state index contributed by atoms with van der Waals surface area (Å²) in [5, 5.41) is 2.55. The molecule has 5 heteroatoms. The van der Waals surface area contributed by atoms with Crippen LogP contribution in [0.3, 0.4) is 0 Å². The number of hydrogen-bond acceptors (Lipinski definition) is 3. The van der Waals surface area contributed by atoms with Gasteiger partial charge >= 0.3 is 5.97 Å². The highest BCUT2D eigenvalue weighted by molar-refractivity contribution is 5.78. The van der Waals surface area contributed by atoms with E-state index in [1.165, 1.54) is 6.92 Å². The van der Waals surface area contributed by atoms with Gasteiger partial charge in [0.1, 0.15) is 17.7 Å². The van der Waals surface area contributed by atoms with Crippen molar-refractivity contribution in [3.8, 4) is 0 Å². The fourth-order valence-corrected chi connectivity index (χ4v) is 1.17. The van der Waals surface area contributed by atoms with E-state index in [4.69, 9.17) is 4.74 Å². The maximum Gasteiger partial charge on any atom is 0.328 e. The number of esters is 1. The zero-order valence-electron chi connectivity index (χ0n) is 9.09. The first-order valence-electron chi connectivity index (χ1n) is 4.92. The standard InChI is InChI=1S/C11H13F2NO2/c1-3-16-11(15)7(2)14-10-6-8(12)4-5-9(10)13/h4-7,14H,3H2,1-2H3. The smallest absolute Gasteiger partial charge is 0.328 e. The van der Waals surface area contributed by atoms with Gasteiger partial charge in [-0.3, -0.25) is 0 Å². The Kier molecular flexibility index (Phi) is 4.22. The molecule has 0 aliphatic carbocycles. The second-order valence-corrected chi connectivity index (χ2v) is 3.24. The van der Waals surface area contributed by atoms with Gasteiger partial charge < -0.3 is 10.1 Å². The van der Waals surface area contributed by atoms with Crippen molar-refractivity contribution in [2.45, 2.75) is 19.9 Å². The normalized spacial score (nSPS) is 12.0. The van der Waals surface area contributed by atoms with E-state index in [0.29, 0.717) is 0 Å². The van der Waals surface area contributed by atoms with Crippen molar-refractivity contribution in [3.63, 3.8) is 0 Å². The minimum Gasteiger partial charge on any atom is -0.464 e. The molecule has 0 spiro atoms. The summed E-state index contributed by atoms with van der Waals surface area (Å²) in [5.74, 6) is -1.69. The first-order valence-corrected chi connectivity index (χ1v) is 4.92. The second-order valence-electron chi connectivity index (χ2n) is 3.24. The van der Waals surface area contributed by atoms with Crippen LogP contribution in [-0.4, -0.2) is 18.6 Å². The highest BCUT2D eigenvalue weighted by Gasteiger charge is 2.15. The summed E-state index contributed by atoms with van der Waals surface area (Å²) in [6.45, 7) is 3.44. The van der Waals surface area contributed by atoms with Crippen molar-refractivity contribution in [1.82, 2.24) is 0 Å². The van der Waals surface area contributed by atoms with E-state index in [2.05, 4.69) is 5.32 Å². The van der Waals surface area contributed by atoms with Gasteiger partial charge in [-0.1, -0.05) is 0 Å². The second kappa shape index (κ2) is 5.44. The Bertz CT molecular complexity index is 382. The Morgan fingerprint density at radius 2 is 2.19 bits per heavy atom. The van der Waals surface area contributed by atoms with E-state index in [-0.39, 0.29) is 12.3 Å². The number of nitrogens with one attached hydrogen (secondary N) is 1. The summed E-state index contributed by atoms with van der Waals surface area (Å²) >= 11 is 0. The topological polar surface area (TPSA) is 38.3 Å². The molecule has 0 amide bonds. The van der Waals surface area contributed by atoms with Crippen molar-refractivity contribution in [3.05, 3.63) is 29.8 Å². The molecule has 0 aliphatic heterocycles. The lowest BCUT2D eigenvalue weighted by Crippen LogP contribution is -2.28. The number of hydrogen-bond donors (Lipinski definition) is 1. The zero-order valence-corrected chi connectivity index (χ0v) is 9.09. The molecule has 1 aromatic carbocycles. The van der Waals surface area contributed by atoms with Crippen molar-refractivity contribution >= 4 is 11.7 Å². The number of rotatable bonds is 4. The Labute approximate surface area is 92.4 Å². The molecule has 0 radical (unpaired) electrons. The first kappa shape index (κ1) is 12.4. The molecule has 0 bridgehead atoms. The third kappa shape index (κ3) is 3.18. The van der Waals surface area contributed by atoms with Gasteiger partial charge in [-0.15, -0.1) is 0 Å². The molecular weight excluding hydrogens is 216 g/mol. The predicted octanol–water partition coefficient (Wildman–Crippen LogP) is 2.33. The third-order valence-electron chi connectivity index (χ3n) is 1.94. The Hall–Kier alpha value is -1.65. The van der Waals surface area contributed by atoms with Gasteiger partial charge in [-0.05, 0) is 32.0 Å². The third-order valence-corrected chi connectivity index (χ3v) is 1.94. The fourth-order valence-electron chi connectivity index (χ4n) is 1.17. The summed E-state index contributed by atoms with van der Waals surface area (Å²) in [5.41, 5.74) is -0.0550. The average Bonchev–Trinajstić information content (AvgIpc) is 2.23. The van der Waals surface area contributed by atoms with Gasteiger partial charge in [0.15, 0.2) is 0 Å². The molecule has 1 aromatic rings. The molecular formula is C11H13F2NO2. The van der Waals surface area contributed by atoms with E-state index in [1.807, 2.05) is 0 Å². The minimum atomic E-state index is -0.726. The van der Waals surface area contributed by atoms with Gasteiger partial charge in [0.2, 0.25) is 0 Å². The van der Waals surface area contributed by atoms with Crippen molar-refractivity contribution in [2.75, 3.05) is 11.9 Å².